The van der Waals surface area contributed by atoms with Gasteiger partial charge < -0.3 is 24.3 Å². The Balaban J connectivity index is 1.13. The number of H-pyrrole nitrogens is 1. The van der Waals surface area contributed by atoms with Crippen LogP contribution in [0.25, 0.3) is 11.2 Å². The van der Waals surface area contributed by atoms with Crippen LogP contribution in [0.15, 0.2) is 18.3 Å². The summed E-state index contributed by atoms with van der Waals surface area (Å²) < 4.78 is 19.2. The number of fused-ring (bicyclic) bond motifs is 2. The number of nitrogens with one attached hydrogen (secondary N) is 1. The Morgan fingerprint density at radius 1 is 1.19 bits per heavy atom. The molecule has 2 N–H and O–H groups in total. The standard InChI is InChI=1S/C21H24ClN5O4/c22-13-7-15-20(23-14(13)4-3-12-5-6-27(26-12)8-11-1-2-11)25-21(24-15)31-17-10-30-18-16(28)9-29-19(17)18/h5-7,11,16-19,28H,1-4,8-10H2,(H,23,24,25)/t16-,17-,18-,19-/m1/s1. The number of imidazole rings is 1. The van der Waals surface area contributed by atoms with Crippen molar-refractivity contribution < 1.29 is 19.3 Å². The highest BCUT2D eigenvalue weighted by molar-refractivity contribution is 6.31. The molecule has 3 aromatic rings. The molecule has 6 rings (SSSR count). The summed E-state index contributed by atoms with van der Waals surface area (Å²) >= 11 is 6.48. The third-order valence-corrected chi connectivity index (χ3v) is 6.51. The first-order chi connectivity index (χ1) is 15.1. The lowest BCUT2D eigenvalue weighted by atomic mass is 10.1. The molecule has 0 bridgehead atoms. The van der Waals surface area contributed by atoms with Gasteiger partial charge in [0.1, 0.15) is 18.3 Å². The van der Waals surface area contributed by atoms with Gasteiger partial charge in [-0.2, -0.15) is 10.1 Å². The first-order valence-electron chi connectivity index (χ1n) is 10.8. The highest BCUT2D eigenvalue weighted by atomic mass is 35.5. The van der Waals surface area contributed by atoms with Gasteiger partial charge in [0.2, 0.25) is 0 Å². The topological polar surface area (TPSA) is 107 Å². The molecule has 164 valence electrons. The lowest BCUT2D eigenvalue weighted by Gasteiger charge is -2.15. The Bertz CT molecular complexity index is 1100. The summed E-state index contributed by atoms with van der Waals surface area (Å²) in [5, 5.41) is 15.1. The first-order valence-corrected chi connectivity index (χ1v) is 11.2. The largest absolute Gasteiger partial charge is 0.456 e. The molecule has 5 heterocycles. The molecule has 3 aliphatic rings. The van der Waals surface area contributed by atoms with Crippen LogP contribution < -0.4 is 4.74 Å². The average molecular weight is 446 g/mol. The van der Waals surface area contributed by atoms with Crippen LogP contribution >= 0.6 is 11.6 Å². The van der Waals surface area contributed by atoms with E-state index in [2.05, 4.69) is 26.1 Å². The van der Waals surface area contributed by atoms with E-state index in [1.807, 2.05) is 16.9 Å². The lowest BCUT2D eigenvalue weighted by molar-refractivity contribution is 0.00706. The second kappa shape index (κ2) is 7.74. The van der Waals surface area contributed by atoms with Crippen molar-refractivity contribution in [3.8, 4) is 6.01 Å². The molecule has 2 aliphatic heterocycles. The second-order valence-electron chi connectivity index (χ2n) is 8.62. The van der Waals surface area contributed by atoms with Crippen LogP contribution in [-0.4, -0.2) is 67.5 Å². The highest BCUT2D eigenvalue weighted by Gasteiger charge is 2.48. The number of ether oxygens (including phenoxy) is 3. The van der Waals surface area contributed by atoms with Gasteiger partial charge in [-0.3, -0.25) is 4.68 Å². The molecule has 1 aliphatic carbocycles. The van der Waals surface area contributed by atoms with Gasteiger partial charge in [-0.05, 0) is 43.7 Å². The van der Waals surface area contributed by atoms with Crippen LogP contribution in [0.5, 0.6) is 6.01 Å². The number of hydrogen-bond donors (Lipinski definition) is 2. The van der Waals surface area contributed by atoms with Crippen LogP contribution in [0.2, 0.25) is 5.02 Å². The predicted octanol–water partition coefficient (Wildman–Crippen LogP) is 1.91. The molecule has 1 saturated carbocycles. The Morgan fingerprint density at radius 3 is 2.94 bits per heavy atom. The molecule has 2 saturated heterocycles. The van der Waals surface area contributed by atoms with E-state index >= 15 is 0 Å². The maximum atomic E-state index is 9.87. The van der Waals surface area contributed by atoms with Crippen LogP contribution in [0.4, 0.5) is 0 Å². The molecule has 3 aromatic heterocycles. The van der Waals surface area contributed by atoms with Crippen LogP contribution in [-0.2, 0) is 28.9 Å². The first kappa shape index (κ1) is 19.5. The zero-order valence-electron chi connectivity index (χ0n) is 16.9. The summed E-state index contributed by atoms with van der Waals surface area (Å²) in [6.45, 7) is 1.61. The molecule has 10 heteroatoms. The minimum Gasteiger partial charge on any atom is -0.456 e. The van der Waals surface area contributed by atoms with E-state index in [1.54, 1.807) is 0 Å². The summed E-state index contributed by atoms with van der Waals surface area (Å²) in [6.07, 6.45) is 4.54. The maximum absolute atomic E-state index is 9.87. The quantitative estimate of drug-likeness (QED) is 0.572. The van der Waals surface area contributed by atoms with Gasteiger partial charge in [0.05, 0.1) is 35.1 Å². The maximum Gasteiger partial charge on any atom is 0.296 e. The fourth-order valence-electron chi connectivity index (χ4n) is 4.30. The Kier molecular flexibility index (Phi) is 4.86. The van der Waals surface area contributed by atoms with Crippen molar-refractivity contribution in [1.82, 2.24) is 24.7 Å². The van der Waals surface area contributed by atoms with E-state index < -0.39 is 6.10 Å². The minimum atomic E-state index is -0.614. The molecule has 0 amide bonds. The molecule has 3 fully saturated rings. The zero-order chi connectivity index (χ0) is 20.9. The summed E-state index contributed by atoms with van der Waals surface area (Å²) in [7, 11) is 0. The molecule has 0 radical (unpaired) electrons. The molecule has 0 unspecified atom stereocenters. The highest BCUT2D eigenvalue weighted by Crippen LogP contribution is 2.31. The minimum absolute atomic E-state index is 0.259. The fourth-order valence-corrected chi connectivity index (χ4v) is 4.55. The van der Waals surface area contributed by atoms with Crippen LogP contribution in [0, 0.1) is 5.92 Å². The van der Waals surface area contributed by atoms with E-state index in [1.165, 1.54) is 12.8 Å². The van der Waals surface area contributed by atoms with Crippen molar-refractivity contribution >= 4 is 22.8 Å². The van der Waals surface area contributed by atoms with Crippen LogP contribution in [0.1, 0.15) is 24.2 Å². The van der Waals surface area contributed by atoms with Gasteiger partial charge in [0, 0.05) is 12.7 Å². The number of rotatable bonds is 7. The number of hydrogen-bond acceptors (Lipinski definition) is 7. The zero-order valence-corrected chi connectivity index (χ0v) is 17.7. The Hall–Kier alpha value is -2.20. The molecule has 0 spiro atoms. The van der Waals surface area contributed by atoms with Crippen molar-refractivity contribution in [1.29, 1.82) is 0 Å². The van der Waals surface area contributed by atoms with E-state index in [-0.39, 0.29) is 24.9 Å². The molecule has 4 atom stereocenters. The summed E-state index contributed by atoms with van der Waals surface area (Å²) in [4.78, 5) is 12.2. The molecular formula is C21H24ClN5O4. The van der Waals surface area contributed by atoms with Gasteiger partial charge in [0.15, 0.2) is 11.8 Å². The SMILES string of the molecule is O[C@@H]1CO[C@H]2[C@@H]1OC[C@H]2Oc1nc2nc(CCc3ccn(CC4CC4)n3)c(Cl)cc2[nH]1. The summed E-state index contributed by atoms with van der Waals surface area (Å²) in [5.41, 5.74) is 3.09. The normalized spacial score (nSPS) is 27.8. The number of aromatic amines is 1. The Labute approximate surface area is 183 Å². The lowest BCUT2D eigenvalue weighted by Crippen LogP contribution is -2.34. The Morgan fingerprint density at radius 2 is 2.06 bits per heavy atom. The van der Waals surface area contributed by atoms with Crippen molar-refractivity contribution in [2.75, 3.05) is 13.2 Å². The number of pyridine rings is 1. The van der Waals surface area contributed by atoms with E-state index in [4.69, 9.17) is 25.8 Å². The summed E-state index contributed by atoms with van der Waals surface area (Å²) in [6, 6.07) is 4.23. The monoisotopic (exact) mass is 445 g/mol. The van der Waals surface area contributed by atoms with Crippen molar-refractivity contribution in [3.05, 3.63) is 34.7 Å². The predicted molar refractivity (Wildman–Crippen MR) is 111 cm³/mol. The van der Waals surface area contributed by atoms with Crippen molar-refractivity contribution in [2.24, 2.45) is 5.92 Å². The molecule has 31 heavy (non-hydrogen) atoms. The number of aliphatic hydroxyl groups excluding tert-OH is 1. The third-order valence-electron chi connectivity index (χ3n) is 6.18. The number of nitrogens with zero attached hydrogens (tertiary/aromatic N) is 4. The van der Waals surface area contributed by atoms with Gasteiger partial charge in [-0.15, -0.1) is 0 Å². The van der Waals surface area contributed by atoms with E-state index in [0.717, 1.165) is 30.3 Å². The van der Waals surface area contributed by atoms with Gasteiger partial charge >= 0.3 is 0 Å². The average Bonchev–Trinajstić information content (AvgIpc) is 3.09. The smallest absolute Gasteiger partial charge is 0.296 e. The van der Waals surface area contributed by atoms with Gasteiger partial charge in [0.25, 0.3) is 6.01 Å². The van der Waals surface area contributed by atoms with Gasteiger partial charge in [-0.1, -0.05) is 11.6 Å². The molecular weight excluding hydrogens is 422 g/mol. The molecule has 0 aromatic carbocycles. The van der Waals surface area contributed by atoms with Crippen molar-refractivity contribution in [3.63, 3.8) is 0 Å². The van der Waals surface area contributed by atoms with E-state index in [9.17, 15) is 5.11 Å². The van der Waals surface area contributed by atoms with Crippen molar-refractivity contribution in [2.45, 2.75) is 56.6 Å². The summed E-state index contributed by atoms with van der Waals surface area (Å²) in [5.74, 6) is 0.800. The fraction of sp³-hybridized carbons (Fsp3) is 0.571. The number of aromatic nitrogens is 5. The van der Waals surface area contributed by atoms with Gasteiger partial charge in [-0.25, -0.2) is 4.98 Å². The number of halogens is 1. The third kappa shape index (κ3) is 3.91. The van der Waals surface area contributed by atoms with Crippen LogP contribution in [0.3, 0.4) is 0 Å². The second-order valence-corrected chi connectivity index (χ2v) is 9.03. The van der Waals surface area contributed by atoms with E-state index in [0.29, 0.717) is 35.2 Å². The number of aliphatic hydroxyl groups is 1. The molecule has 9 nitrogen and oxygen atoms in total. The number of aryl methyl sites for hydroxylation is 2.